The monoisotopic (exact) mass is 144 g/mol. The van der Waals surface area contributed by atoms with Crippen LogP contribution >= 0.6 is 0 Å². The van der Waals surface area contributed by atoms with E-state index < -0.39 is 11.6 Å². The van der Waals surface area contributed by atoms with E-state index in [1.165, 1.54) is 0 Å². The van der Waals surface area contributed by atoms with Gasteiger partial charge in [0.05, 0.1) is 0 Å². The van der Waals surface area contributed by atoms with Gasteiger partial charge in [0, 0.05) is 0 Å². The quantitative estimate of drug-likeness (QED) is 0.463. The lowest BCUT2D eigenvalue weighted by atomic mass is 9.99. The third-order valence-electron chi connectivity index (χ3n) is 1.82. The van der Waals surface area contributed by atoms with Crippen LogP contribution in [0.3, 0.4) is 0 Å². The van der Waals surface area contributed by atoms with Gasteiger partial charge in [0.25, 0.3) is 0 Å². The molecule has 1 aliphatic heterocycles. The Labute approximate surface area is 59.4 Å². The van der Waals surface area contributed by atoms with Gasteiger partial charge in [0.1, 0.15) is 0 Å². The molecule has 0 radical (unpaired) electrons. The standard InChI is InChI=1S/C6H12N2O2/c7-6(5(9)10)3-1-2-4-8-6/h8H,1-4,7H2,(H,9,10). The summed E-state index contributed by atoms with van der Waals surface area (Å²) in [5, 5.41) is 11.4. The van der Waals surface area contributed by atoms with Gasteiger partial charge in [-0.15, -0.1) is 0 Å². The molecule has 10 heavy (non-hydrogen) atoms. The molecule has 0 spiro atoms. The fourth-order valence-electron chi connectivity index (χ4n) is 1.11. The summed E-state index contributed by atoms with van der Waals surface area (Å²) in [5.74, 6) is -0.952. The van der Waals surface area contributed by atoms with Crippen LogP contribution in [0.2, 0.25) is 0 Å². The van der Waals surface area contributed by atoms with Gasteiger partial charge in [0.2, 0.25) is 0 Å². The maximum atomic E-state index is 10.5. The zero-order valence-electron chi connectivity index (χ0n) is 5.76. The highest BCUT2D eigenvalue weighted by atomic mass is 16.4. The SMILES string of the molecule is NC1(C(=O)O)CCCCN1. The average molecular weight is 144 g/mol. The Morgan fingerprint density at radius 3 is 2.60 bits per heavy atom. The minimum absolute atomic E-state index is 0.530. The minimum atomic E-state index is -1.15. The Morgan fingerprint density at radius 2 is 2.30 bits per heavy atom. The van der Waals surface area contributed by atoms with Gasteiger partial charge in [0.15, 0.2) is 5.66 Å². The van der Waals surface area contributed by atoms with Crippen molar-refractivity contribution in [3.8, 4) is 0 Å². The fourth-order valence-corrected chi connectivity index (χ4v) is 1.11. The van der Waals surface area contributed by atoms with E-state index in [0.29, 0.717) is 13.0 Å². The number of hydrogen-bond donors (Lipinski definition) is 3. The van der Waals surface area contributed by atoms with E-state index in [0.717, 1.165) is 12.8 Å². The molecule has 0 aromatic rings. The smallest absolute Gasteiger partial charge is 0.338 e. The van der Waals surface area contributed by atoms with Crippen LogP contribution in [0.25, 0.3) is 0 Å². The molecule has 4 heteroatoms. The second-order valence-electron chi connectivity index (χ2n) is 2.66. The molecule has 0 amide bonds. The second-order valence-corrected chi connectivity index (χ2v) is 2.66. The maximum absolute atomic E-state index is 10.5. The molecule has 58 valence electrons. The lowest BCUT2D eigenvalue weighted by Gasteiger charge is -2.29. The third-order valence-corrected chi connectivity index (χ3v) is 1.82. The first-order valence-electron chi connectivity index (χ1n) is 3.42. The third kappa shape index (κ3) is 1.27. The molecule has 1 atom stereocenters. The van der Waals surface area contributed by atoms with Gasteiger partial charge in [-0.05, 0) is 25.8 Å². The summed E-state index contributed by atoms with van der Waals surface area (Å²) in [6.45, 7) is 0.711. The first-order chi connectivity index (χ1) is 4.65. The molecule has 1 unspecified atom stereocenters. The summed E-state index contributed by atoms with van der Waals surface area (Å²) in [4.78, 5) is 10.5. The van der Waals surface area contributed by atoms with Crippen LogP contribution in [-0.4, -0.2) is 23.3 Å². The maximum Gasteiger partial charge on any atom is 0.338 e. The van der Waals surface area contributed by atoms with E-state index in [4.69, 9.17) is 10.8 Å². The predicted octanol–water partition coefficient (Wildman–Crippen LogP) is -0.501. The van der Waals surface area contributed by atoms with Crippen molar-refractivity contribution in [1.82, 2.24) is 5.32 Å². The van der Waals surface area contributed by atoms with E-state index in [9.17, 15) is 4.79 Å². The Kier molecular flexibility index (Phi) is 1.92. The molecular weight excluding hydrogens is 132 g/mol. The molecule has 4 nitrogen and oxygen atoms in total. The zero-order chi connectivity index (χ0) is 7.61. The molecule has 0 saturated carbocycles. The van der Waals surface area contributed by atoms with Crippen LogP contribution in [0.1, 0.15) is 19.3 Å². The number of nitrogens with two attached hydrogens (primary N) is 1. The molecule has 1 aliphatic rings. The van der Waals surface area contributed by atoms with Crippen molar-refractivity contribution in [2.24, 2.45) is 5.73 Å². The summed E-state index contributed by atoms with van der Waals surface area (Å²) < 4.78 is 0. The molecule has 0 bridgehead atoms. The van der Waals surface area contributed by atoms with Gasteiger partial charge < -0.3 is 10.8 Å². The number of aliphatic carboxylic acids is 1. The van der Waals surface area contributed by atoms with Crippen molar-refractivity contribution in [3.05, 3.63) is 0 Å². The highest BCUT2D eigenvalue weighted by molar-refractivity contribution is 5.77. The van der Waals surface area contributed by atoms with Crippen LogP contribution < -0.4 is 11.1 Å². The van der Waals surface area contributed by atoms with Gasteiger partial charge in [-0.1, -0.05) is 0 Å². The Balaban J connectivity index is 2.56. The molecule has 0 aromatic carbocycles. The largest absolute Gasteiger partial charge is 0.479 e. The number of carbonyl (C=O) groups is 1. The van der Waals surface area contributed by atoms with E-state index in [1.54, 1.807) is 0 Å². The lowest BCUT2D eigenvalue weighted by Crippen LogP contribution is -2.61. The number of nitrogens with one attached hydrogen (secondary N) is 1. The van der Waals surface area contributed by atoms with Crippen molar-refractivity contribution in [1.29, 1.82) is 0 Å². The first-order valence-corrected chi connectivity index (χ1v) is 3.42. The van der Waals surface area contributed by atoms with Crippen molar-refractivity contribution in [2.45, 2.75) is 24.9 Å². The predicted molar refractivity (Wildman–Crippen MR) is 36.4 cm³/mol. The Bertz CT molecular complexity index is 141. The summed E-state index contributed by atoms with van der Waals surface area (Å²) >= 11 is 0. The van der Waals surface area contributed by atoms with Crippen LogP contribution in [-0.2, 0) is 4.79 Å². The average Bonchev–Trinajstić information content (AvgIpc) is 1.89. The Hall–Kier alpha value is -0.610. The van der Waals surface area contributed by atoms with Crippen molar-refractivity contribution >= 4 is 5.97 Å². The number of rotatable bonds is 1. The molecular formula is C6H12N2O2. The van der Waals surface area contributed by atoms with Gasteiger partial charge in [-0.25, -0.2) is 4.79 Å². The van der Waals surface area contributed by atoms with Crippen molar-refractivity contribution in [3.63, 3.8) is 0 Å². The summed E-state index contributed by atoms with van der Waals surface area (Å²) in [7, 11) is 0. The zero-order valence-corrected chi connectivity index (χ0v) is 5.76. The van der Waals surface area contributed by atoms with E-state index >= 15 is 0 Å². The molecule has 0 aliphatic carbocycles. The lowest BCUT2D eigenvalue weighted by molar-refractivity contribution is -0.145. The van der Waals surface area contributed by atoms with Crippen LogP contribution in [0.5, 0.6) is 0 Å². The number of hydrogen-bond acceptors (Lipinski definition) is 3. The first kappa shape index (κ1) is 7.50. The van der Waals surface area contributed by atoms with Gasteiger partial charge >= 0.3 is 5.97 Å². The van der Waals surface area contributed by atoms with Crippen molar-refractivity contribution in [2.75, 3.05) is 6.54 Å². The van der Waals surface area contributed by atoms with Crippen LogP contribution in [0.4, 0.5) is 0 Å². The fraction of sp³-hybridized carbons (Fsp3) is 0.833. The topological polar surface area (TPSA) is 75.4 Å². The highest BCUT2D eigenvalue weighted by Crippen LogP contribution is 2.13. The molecule has 0 aromatic heterocycles. The van der Waals surface area contributed by atoms with Gasteiger partial charge in [-0.3, -0.25) is 5.32 Å². The molecule has 1 fully saturated rings. The van der Waals surface area contributed by atoms with Crippen molar-refractivity contribution < 1.29 is 9.90 Å². The minimum Gasteiger partial charge on any atom is -0.479 e. The molecule has 1 heterocycles. The summed E-state index contributed by atoms with van der Waals surface area (Å²) in [5.41, 5.74) is 4.34. The second kappa shape index (κ2) is 2.56. The van der Waals surface area contributed by atoms with Gasteiger partial charge in [-0.2, -0.15) is 0 Å². The number of carboxylic acids is 1. The Morgan fingerprint density at radius 1 is 1.60 bits per heavy atom. The van der Waals surface area contributed by atoms with E-state index in [2.05, 4.69) is 5.32 Å². The number of piperidine rings is 1. The van der Waals surface area contributed by atoms with E-state index in [-0.39, 0.29) is 0 Å². The number of carboxylic acid groups (broad SMARTS) is 1. The molecule has 1 rings (SSSR count). The molecule has 1 saturated heterocycles. The summed E-state index contributed by atoms with van der Waals surface area (Å²) in [6, 6.07) is 0. The molecule has 4 N–H and O–H groups in total. The highest BCUT2D eigenvalue weighted by Gasteiger charge is 2.34. The van der Waals surface area contributed by atoms with Crippen LogP contribution in [0, 0.1) is 0 Å². The van der Waals surface area contributed by atoms with E-state index in [1.807, 2.05) is 0 Å². The normalized spacial score (nSPS) is 33.7. The van der Waals surface area contributed by atoms with Crippen LogP contribution in [0.15, 0.2) is 0 Å². The summed E-state index contributed by atoms with van der Waals surface area (Å²) in [6.07, 6.45) is 2.45.